The maximum absolute atomic E-state index is 12.1. The van der Waals surface area contributed by atoms with Crippen LogP contribution < -0.4 is 5.32 Å². The first-order valence-corrected chi connectivity index (χ1v) is 5.70. The van der Waals surface area contributed by atoms with Crippen LogP contribution in [-0.4, -0.2) is 25.7 Å². The summed E-state index contributed by atoms with van der Waals surface area (Å²) in [6.07, 6.45) is 0.686. The summed E-state index contributed by atoms with van der Waals surface area (Å²) in [5.41, 5.74) is 1.59. The summed E-state index contributed by atoms with van der Waals surface area (Å²) in [5, 5.41) is 11.0. The molecule has 0 saturated heterocycles. The number of alkyl halides is 3. The molecule has 0 atom stereocenters. The third-order valence-corrected chi connectivity index (χ3v) is 2.43. The molecular formula is C11H14F3N5. The Kier molecular flexibility index (Phi) is 3.89. The van der Waals surface area contributed by atoms with Crippen LogP contribution in [-0.2, 0) is 26.7 Å². The van der Waals surface area contributed by atoms with E-state index in [2.05, 4.69) is 15.5 Å². The van der Waals surface area contributed by atoms with Gasteiger partial charge in [0.2, 0.25) is 0 Å². The Labute approximate surface area is 108 Å². The average Bonchev–Trinajstić information content (AvgIpc) is 2.86. The van der Waals surface area contributed by atoms with Gasteiger partial charge in [-0.15, -0.1) is 0 Å². The first kappa shape index (κ1) is 13.6. The SMILES string of the molecule is Cn1cc(CNCc2ccn(CC(F)(F)F)n2)cn1. The van der Waals surface area contributed by atoms with E-state index in [0.29, 0.717) is 18.8 Å². The predicted molar refractivity (Wildman–Crippen MR) is 62.0 cm³/mol. The van der Waals surface area contributed by atoms with Crippen LogP contribution in [0.25, 0.3) is 0 Å². The molecule has 0 unspecified atom stereocenters. The van der Waals surface area contributed by atoms with E-state index in [4.69, 9.17) is 0 Å². The van der Waals surface area contributed by atoms with Crippen molar-refractivity contribution in [2.75, 3.05) is 0 Å². The summed E-state index contributed by atoms with van der Waals surface area (Å²) in [5.74, 6) is 0. The van der Waals surface area contributed by atoms with E-state index >= 15 is 0 Å². The van der Waals surface area contributed by atoms with Crippen LogP contribution in [0.1, 0.15) is 11.3 Å². The standard InChI is InChI=1S/C11H14F3N5/c1-18-7-9(5-16-18)4-15-6-10-2-3-19(17-10)8-11(12,13)14/h2-3,5,7,15H,4,6,8H2,1H3. The highest BCUT2D eigenvalue weighted by Gasteiger charge is 2.28. The normalized spacial score (nSPS) is 12.0. The molecule has 0 radical (unpaired) electrons. The number of halogens is 3. The zero-order chi connectivity index (χ0) is 13.9. The van der Waals surface area contributed by atoms with Crippen molar-refractivity contribution in [2.45, 2.75) is 25.8 Å². The van der Waals surface area contributed by atoms with Crippen molar-refractivity contribution < 1.29 is 13.2 Å². The van der Waals surface area contributed by atoms with Gasteiger partial charge in [0.25, 0.3) is 0 Å². The lowest BCUT2D eigenvalue weighted by atomic mass is 10.3. The average molecular weight is 273 g/mol. The summed E-state index contributed by atoms with van der Waals surface area (Å²) in [4.78, 5) is 0. The van der Waals surface area contributed by atoms with Crippen molar-refractivity contribution in [3.63, 3.8) is 0 Å². The number of nitrogens with zero attached hydrogens (tertiary/aromatic N) is 4. The predicted octanol–water partition coefficient (Wildman–Crippen LogP) is 1.47. The molecule has 1 N–H and O–H groups in total. The first-order chi connectivity index (χ1) is 8.92. The molecule has 8 heteroatoms. The second-order valence-corrected chi connectivity index (χ2v) is 4.25. The van der Waals surface area contributed by atoms with Gasteiger partial charge in [-0.2, -0.15) is 23.4 Å². The molecule has 104 valence electrons. The summed E-state index contributed by atoms with van der Waals surface area (Å²) in [7, 11) is 1.82. The van der Waals surface area contributed by atoms with Crippen LogP contribution in [0.3, 0.4) is 0 Å². The molecule has 2 aromatic heterocycles. The molecule has 19 heavy (non-hydrogen) atoms. The fraction of sp³-hybridized carbons (Fsp3) is 0.455. The number of rotatable bonds is 5. The zero-order valence-corrected chi connectivity index (χ0v) is 10.4. The van der Waals surface area contributed by atoms with Crippen molar-refractivity contribution in [3.8, 4) is 0 Å². The number of aryl methyl sites for hydroxylation is 1. The van der Waals surface area contributed by atoms with Gasteiger partial charge in [-0.25, -0.2) is 0 Å². The van der Waals surface area contributed by atoms with E-state index < -0.39 is 12.7 Å². The molecule has 0 aliphatic heterocycles. The maximum atomic E-state index is 12.1. The molecule has 0 spiro atoms. The lowest BCUT2D eigenvalue weighted by Gasteiger charge is -2.05. The third kappa shape index (κ3) is 4.40. The monoisotopic (exact) mass is 273 g/mol. The molecule has 2 heterocycles. The van der Waals surface area contributed by atoms with Crippen molar-refractivity contribution >= 4 is 0 Å². The fourth-order valence-electron chi connectivity index (χ4n) is 1.67. The van der Waals surface area contributed by atoms with Crippen molar-refractivity contribution in [2.24, 2.45) is 7.05 Å². The molecule has 0 aromatic carbocycles. The molecule has 0 amide bonds. The Hall–Kier alpha value is -1.83. The van der Waals surface area contributed by atoms with Crippen LogP contribution in [0.4, 0.5) is 13.2 Å². The van der Waals surface area contributed by atoms with Crippen LogP contribution in [0, 0.1) is 0 Å². The minimum atomic E-state index is -4.24. The van der Waals surface area contributed by atoms with Crippen molar-refractivity contribution in [1.82, 2.24) is 24.9 Å². The number of hydrogen-bond acceptors (Lipinski definition) is 3. The highest BCUT2D eigenvalue weighted by atomic mass is 19.4. The Morgan fingerprint density at radius 2 is 2.11 bits per heavy atom. The Bertz CT molecular complexity index is 528. The Morgan fingerprint density at radius 3 is 2.74 bits per heavy atom. The van der Waals surface area contributed by atoms with Crippen LogP contribution >= 0.6 is 0 Å². The number of aromatic nitrogens is 4. The van der Waals surface area contributed by atoms with Gasteiger partial charge < -0.3 is 5.32 Å². The smallest absolute Gasteiger partial charge is 0.307 e. The molecule has 0 bridgehead atoms. The van der Waals surface area contributed by atoms with Crippen molar-refractivity contribution in [1.29, 1.82) is 0 Å². The Balaban J connectivity index is 1.80. The molecule has 0 fully saturated rings. The summed E-state index contributed by atoms with van der Waals surface area (Å²) in [6, 6.07) is 1.57. The Morgan fingerprint density at radius 1 is 1.32 bits per heavy atom. The van der Waals surface area contributed by atoms with Crippen LogP contribution in [0.2, 0.25) is 0 Å². The van der Waals surface area contributed by atoms with Gasteiger partial charge in [0.15, 0.2) is 0 Å². The van der Waals surface area contributed by atoms with E-state index in [-0.39, 0.29) is 0 Å². The molecule has 5 nitrogen and oxygen atoms in total. The largest absolute Gasteiger partial charge is 0.408 e. The van der Waals surface area contributed by atoms with Crippen LogP contribution in [0.15, 0.2) is 24.7 Å². The lowest BCUT2D eigenvalue weighted by molar-refractivity contribution is -0.142. The molecule has 0 saturated carbocycles. The molecular weight excluding hydrogens is 259 g/mol. The summed E-state index contributed by atoms with van der Waals surface area (Å²) < 4.78 is 39.0. The minimum Gasteiger partial charge on any atom is -0.307 e. The van der Waals surface area contributed by atoms with Crippen LogP contribution in [0.5, 0.6) is 0 Å². The topological polar surface area (TPSA) is 47.7 Å². The maximum Gasteiger partial charge on any atom is 0.408 e. The molecule has 2 aromatic rings. The van der Waals surface area contributed by atoms with E-state index in [1.807, 2.05) is 13.2 Å². The molecule has 2 rings (SSSR count). The zero-order valence-electron chi connectivity index (χ0n) is 10.4. The molecule has 0 aliphatic rings. The van der Waals surface area contributed by atoms with Gasteiger partial charge in [-0.1, -0.05) is 0 Å². The van der Waals surface area contributed by atoms with Gasteiger partial charge in [-0.05, 0) is 6.07 Å². The summed E-state index contributed by atoms with van der Waals surface area (Å²) in [6.45, 7) is -0.0463. The first-order valence-electron chi connectivity index (χ1n) is 5.70. The van der Waals surface area contributed by atoms with Gasteiger partial charge in [-0.3, -0.25) is 9.36 Å². The number of nitrogens with one attached hydrogen (secondary N) is 1. The second kappa shape index (κ2) is 5.43. The minimum absolute atomic E-state index is 0.416. The van der Waals surface area contributed by atoms with Crippen molar-refractivity contribution in [3.05, 3.63) is 35.9 Å². The highest BCUT2D eigenvalue weighted by Crippen LogP contribution is 2.16. The van der Waals surface area contributed by atoms with Gasteiger partial charge in [0.1, 0.15) is 6.54 Å². The quantitative estimate of drug-likeness (QED) is 0.897. The van der Waals surface area contributed by atoms with Gasteiger partial charge >= 0.3 is 6.18 Å². The second-order valence-electron chi connectivity index (χ2n) is 4.25. The van der Waals surface area contributed by atoms with Gasteiger partial charge in [0, 0.05) is 38.1 Å². The number of hydrogen-bond donors (Lipinski definition) is 1. The van der Waals surface area contributed by atoms with Gasteiger partial charge in [0.05, 0.1) is 11.9 Å². The lowest BCUT2D eigenvalue weighted by Crippen LogP contribution is -2.19. The fourth-order valence-corrected chi connectivity index (χ4v) is 1.67. The third-order valence-electron chi connectivity index (χ3n) is 2.43. The van der Waals surface area contributed by atoms with E-state index in [1.165, 1.54) is 6.20 Å². The van der Waals surface area contributed by atoms with E-state index in [9.17, 15) is 13.2 Å². The molecule has 0 aliphatic carbocycles. The van der Waals surface area contributed by atoms with E-state index in [0.717, 1.165) is 10.2 Å². The summed E-state index contributed by atoms with van der Waals surface area (Å²) >= 11 is 0. The van der Waals surface area contributed by atoms with E-state index in [1.54, 1.807) is 16.9 Å². The highest BCUT2D eigenvalue weighted by molar-refractivity contribution is 5.04.